The number of hydrogen-bond donors (Lipinski definition) is 4. The summed E-state index contributed by atoms with van der Waals surface area (Å²) >= 11 is 0. The van der Waals surface area contributed by atoms with E-state index in [1.165, 1.54) is 0 Å². The first-order chi connectivity index (χ1) is 18.5. The van der Waals surface area contributed by atoms with E-state index in [0.29, 0.717) is 19.4 Å². The summed E-state index contributed by atoms with van der Waals surface area (Å²) < 4.78 is 5.65. The van der Waals surface area contributed by atoms with Crippen molar-refractivity contribution in [3.8, 4) is 11.1 Å². The first-order valence-corrected chi connectivity index (χ1v) is 13.5. The Balaban J connectivity index is 1.42. The molecular weight excluding hydrogens is 496 g/mol. The van der Waals surface area contributed by atoms with Crippen LogP contribution < -0.4 is 21.7 Å². The third kappa shape index (κ3) is 6.96. The fraction of sp³-hybridized carbons (Fsp3) is 0.467. The highest BCUT2D eigenvalue weighted by atomic mass is 16.5. The summed E-state index contributed by atoms with van der Waals surface area (Å²) in [4.78, 5) is 50.6. The van der Waals surface area contributed by atoms with Gasteiger partial charge in [-0.3, -0.25) is 14.4 Å². The van der Waals surface area contributed by atoms with Crippen LogP contribution in [-0.4, -0.2) is 49.1 Å². The van der Waals surface area contributed by atoms with E-state index in [9.17, 15) is 19.2 Å². The van der Waals surface area contributed by atoms with Gasteiger partial charge in [0, 0.05) is 18.4 Å². The zero-order chi connectivity index (χ0) is 28.2. The Labute approximate surface area is 229 Å². The van der Waals surface area contributed by atoms with Crippen molar-refractivity contribution >= 4 is 23.8 Å². The highest BCUT2D eigenvalue weighted by Gasteiger charge is 2.34. The van der Waals surface area contributed by atoms with Gasteiger partial charge in [0.25, 0.3) is 0 Å². The quantitative estimate of drug-likeness (QED) is 0.391. The fourth-order valence-electron chi connectivity index (χ4n) is 5.47. The van der Waals surface area contributed by atoms with Crippen molar-refractivity contribution in [1.29, 1.82) is 0 Å². The maximum atomic E-state index is 13.3. The molecule has 1 saturated heterocycles. The van der Waals surface area contributed by atoms with E-state index in [1.807, 2.05) is 57.2 Å². The minimum atomic E-state index is -1.03. The molecule has 3 atom stereocenters. The number of ether oxygens (including phenoxy) is 1. The minimum absolute atomic E-state index is 0.111. The fourth-order valence-corrected chi connectivity index (χ4v) is 5.47. The lowest BCUT2D eigenvalue weighted by Gasteiger charge is -2.29. The van der Waals surface area contributed by atoms with E-state index in [4.69, 9.17) is 10.5 Å². The summed E-state index contributed by atoms with van der Waals surface area (Å²) in [6.07, 6.45) is 1.11. The van der Waals surface area contributed by atoms with Gasteiger partial charge in [0.15, 0.2) is 0 Å². The zero-order valence-corrected chi connectivity index (χ0v) is 22.8. The molecule has 2 aromatic rings. The number of carbonyl (C=O) groups excluding carboxylic acids is 4. The van der Waals surface area contributed by atoms with Gasteiger partial charge in [-0.2, -0.15) is 0 Å². The third-order valence-corrected chi connectivity index (χ3v) is 7.35. The van der Waals surface area contributed by atoms with Crippen LogP contribution in [0.1, 0.15) is 63.5 Å². The molecule has 5 N–H and O–H groups in total. The third-order valence-electron chi connectivity index (χ3n) is 7.35. The molecule has 208 valence electrons. The van der Waals surface area contributed by atoms with E-state index in [-0.39, 0.29) is 30.3 Å². The Morgan fingerprint density at radius 1 is 1.00 bits per heavy atom. The van der Waals surface area contributed by atoms with Crippen LogP contribution in [0, 0.1) is 11.3 Å². The van der Waals surface area contributed by atoms with Crippen LogP contribution in [0.5, 0.6) is 0 Å². The van der Waals surface area contributed by atoms with Crippen LogP contribution in [0.2, 0.25) is 0 Å². The normalized spacial score (nSPS) is 18.2. The minimum Gasteiger partial charge on any atom is -0.449 e. The summed E-state index contributed by atoms with van der Waals surface area (Å²) in [6.45, 7) is 6.56. The van der Waals surface area contributed by atoms with Gasteiger partial charge >= 0.3 is 6.09 Å². The summed E-state index contributed by atoms with van der Waals surface area (Å²) in [5.41, 5.74) is 9.68. The average Bonchev–Trinajstić information content (AvgIpc) is 3.20. The highest BCUT2D eigenvalue weighted by molar-refractivity contribution is 5.91. The summed E-state index contributed by atoms with van der Waals surface area (Å²) in [5.74, 6) is -1.94. The predicted molar refractivity (Wildman–Crippen MR) is 148 cm³/mol. The number of amides is 4. The molecule has 0 saturated carbocycles. The Morgan fingerprint density at radius 3 is 2.18 bits per heavy atom. The monoisotopic (exact) mass is 534 g/mol. The second kappa shape index (κ2) is 11.9. The smallest absolute Gasteiger partial charge is 0.407 e. The Morgan fingerprint density at radius 2 is 1.62 bits per heavy atom. The van der Waals surface area contributed by atoms with E-state index < -0.39 is 35.9 Å². The van der Waals surface area contributed by atoms with Gasteiger partial charge in [0.2, 0.25) is 17.7 Å². The predicted octanol–water partition coefficient (Wildman–Crippen LogP) is 3.22. The lowest BCUT2D eigenvalue weighted by atomic mass is 9.87. The largest absolute Gasteiger partial charge is 0.449 e. The van der Waals surface area contributed by atoms with Crippen LogP contribution in [0.15, 0.2) is 48.5 Å². The number of carbonyl (C=O) groups is 4. The number of piperidine rings is 1. The number of hydrogen-bond acceptors (Lipinski definition) is 5. The van der Waals surface area contributed by atoms with E-state index in [1.54, 1.807) is 0 Å². The zero-order valence-electron chi connectivity index (χ0n) is 22.8. The van der Waals surface area contributed by atoms with Crippen molar-refractivity contribution in [1.82, 2.24) is 16.0 Å². The molecule has 1 heterocycles. The van der Waals surface area contributed by atoms with Gasteiger partial charge in [-0.05, 0) is 53.4 Å². The first kappa shape index (κ1) is 28.1. The van der Waals surface area contributed by atoms with E-state index in [2.05, 4.69) is 28.1 Å². The lowest BCUT2D eigenvalue weighted by Crippen LogP contribution is -2.55. The van der Waals surface area contributed by atoms with Gasteiger partial charge in [-0.15, -0.1) is 0 Å². The van der Waals surface area contributed by atoms with Crippen LogP contribution in [0.4, 0.5) is 4.79 Å². The first-order valence-electron chi connectivity index (χ1n) is 13.5. The Bertz CT molecular complexity index is 1190. The van der Waals surface area contributed by atoms with E-state index in [0.717, 1.165) is 28.7 Å². The maximum absolute atomic E-state index is 13.3. The van der Waals surface area contributed by atoms with Crippen LogP contribution in [0.25, 0.3) is 11.1 Å². The summed E-state index contributed by atoms with van der Waals surface area (Å²) in [7, 11) is 0. The molecule has 1 fully saturated rings. The number of fused-ring (bicyclic) bond motifs is 3. The number of benzene rings is 2. The molecule has 0 unspecified atom stereocenters. The molecule has 1 aliphatic carbocycles. The molecule has 39 heavy (non-hydrogen) atoms. The Hall–Kier alpha value is -3.88. The van der Waals surface area contributed by atoms with Crippen molar-refractivity contribution in [3.63, 3.8) is 0 Å². The maximum Gasteiger partial charge on any atom is 0.407 e. The SMILES string of the molecule is CC(C)(C)C[C@H](NC(=O)OCC1c2ccccc2-c2ccccc21)C(=O)N[C@@H](C[C@@H]1CCCNC1=O)C(N)=O. The van der Waals surface area contributed by atoms with Gasteiger partial charge in [-0.1, -0.05) is 69.3 Å². The summed E-state index contributed by atoms with van der Waals surface area (Å²) in [5, 5.41) is 8.15. The highest BCUT2D eigenvalue weighted by Crippen LogP contribution is 2.44. The standard InChI is InChI=1S/C30H38N4O5/c1-30(2,3)16-25(28(37)33-24(26(31)35)15-18-9-8-14-32-27(18)36)34-29(38)39-17-23-21-12-6-4-10-19(21)20-11-5-7-13-22(20)23/h4-7,10-13,18,23-25H,8-9,14-17H2,1-3H3,(H2,31,35)(H,32,36)(H,33,37)(H,34,38)/t18-,24-,25-/m0/s1. The van der Waals surface area contributed by atoms with Gasteiger partial charge in [0.05, 0.1) is 0 Å². The van der Waals surface area contributed by atoms with Crippen molar-refractivity contribution in [3.05, 3.63) is 59.7 Å². The number of nitrogens with two attached hydrogens (primary N) is 1. The molecule has 9 heteroatoms. The molecule has 2 aromatic carbocycles. The molecule has 9 nitrogen and oxygen atoms in total. The van der Waals surface area contributed by atoms with Crippen molar-refractivity contribution in [2.24, 2.45) is 17.1 Å². The van der Waals surface area contributed by atoms with Crippen LogP contribution in [0.3, 0.4) is 0 Å². The second-order valence-electron chi connectivity index (χ2n) is 11.6. The van der Waals surface area contributed by atoms with E-state index >= 15 is 0 Å². The summed E-state index contributed by atoms with van der Waals surface area (Å²) in [6, 6.07) is 14.1. The number of primary amides is 1. The molecule has 0 aromatic heterocycles. The molecular formula is C30H38N4O5. The molecule has 4 amide bonds. The van der Waals surface area contributed by atoms with Gasteiger partial charge in [-0.25, -0.2) is 4.79 Å². The van der Waals surface area contributed by atoms with Crippen molar-refractivity contribution in [2.45, 2.75) is 64.5 Å². The van der Waals surface area contributed by atoms with Crippen molar-refractivity contribution in [2.75, 3.05) is 13.2 Å². The number of nitrogens with one attached hydrogen (secondary N) is 3. The molecule has 0 spiro atoms. The lowest BCUT2D eigenvalue weighted by molar-refractivity contribution is -0.131. The molecule has 0 bridgehead atoms. The number of alkyl carbamates (subject to hydrolysis) is 1. The van der Waals surface area contributed by atoms with Gasteiger partial charge in [0.1, 0.15) is 18.7 Å². The van der Waals surface area contributed by atoms with Crippen LogP contribution >= 0.6 is 0 Å². The average molecular weight is 535 g/mol. The topological polar surface area (TPSA) is 140 Å². The van der Waals surface area contributed by atoms with Crippen LogP contribution in [-0.2, 0) is 19.1 Å². The second-order valence-corrected chi connectivity index (χ2v) is 11.6. The molecule has 4 rings (SSSR count). The molecule has 1 aliphatic heterocycles. The van der Waals surface area contributed by atoms with Crippen molar-refractivity contribution < 1.29 is 23.9 Å². The number of rotatable bonds is 9. The molecule has 0 radical (unpaired) electrons. The Kier molecular flexibility index (Phi) is 8.57. The molecule has 2 aliphatic rings. The van der Waals surface area contributed by atoms with Gasteiger partial charge < -0.3 is 26.4 Å².